The number of aromatic nitrogens is 2. The largest absolute Gasteiger partial charge is 0.444 e. The van der Waals surface area contributed by atoms with Gasteiger partial charge in [-0.2, -0.15) is 5.10 Å². The molecule has 1 aromatic heterocycles. The van der Waals surface area contributed by atoms with Gasteiger partial charge in [0, 0.05) is 32.0 Å². The van der Waals surface area contributed by atoms with Crippen LogP contribution < -0.4 is 16.0 Å². The van der Waals surface area contributed by atoms with Crippen molar-refractivity contribution < 1.29 is 9.53 Å². The molecule has 0 fully saturated rings. The van der Waals surface area contributed by atoms with E-state index in [1.165, 1.54) is 0 Å². The minimum Gasteiger partial charge on any atom is -0.444 e. The van der Waals surface area contributed by atoms with Gasteiger partial charge in [0.25, 0.3) is 0 Å². The number of hydrogen-bond donors (Lipinski definition) is 3. The standard InChI is InChI=1S/C21H32N6O2.HI/c1-5-22-19(23-11-7-12-24-20(28)29-21(2,3)4)25-16-17-9-6-10-18(15-17)27-14-8-13-26-27;/h6,8-10,13-15H,5,7,11-12,16H2,1-4H3,(H,24,28)(H2,22,23,25);1H. The number of benzene rings is 1. The summed E-state index contributed by atoms with van der Waals surface area (Å²) in [5.74, 6) is 0.745. The highest BCUT2D eigenvalue weighted by molar-refractivity contribution is 14.0. The Balaban J connectivity index is 0.00000450. The Morgan fingerprint density at radius 3 is 2.60 bits per heavy atom. The van der Waals surface area contributed by atoms with Crippen LogP contribution in [0, 0.1) is 0 Å². The summed E-state index contributed by atoms with van der Waals surface area (Å²) < 4.78 is 7.04. The molecule has 0 unspecified atom stereocenters. The number of guanidine groups is 1. The van der Waals surface area contributed by atoms with Gasteiger partial charge in [0.15, 0.2) is 5.96 Å². The Kier molecular flexibility index (Phi) is 11.2. The van der Waals surface area contributed by atoms with Crippen LogP contribution >= 0.6 is 24.0 Å². The Hall–Kier alpha value is -2.30. The van der Waals surface area contributed by atoms with Crippen LogP contribution in [-0.2, 0) is 11.3 Å². The molecule has 2 aromatic rings. The molecule has 3 N–H and O–H groups in total. The topological polar surface area (TPSA) is 92.6 Å². The summed E-state index contributed by atoms with van der Waals surface area (Å²) in [5.41, 5.74) is 1.62. The molecule has 9 heteroatoms. The van der Waals surface area contributed by atoms with Crippen LogP contribution in [0.4, 0.5) is 4.79 Å². The summed E-state index contributed by atoms with van der Waals surface area (Å²) in [7, 11) is 0. The predicted molar refractivity (Wildman–Crippen MR) is 131 cm³/mol. The van der Waals surface area contributed by atoms with Crippen LogP contribution in [0.15, 0.2) is 47.7 Å². The van der Waals surface area contributed by atoms with Crippen LogP contribution in [0.25, 0.3) is 5.69 Å². The summed E-state index contributed by atoms with van der Waals surface area (Å²) in [6.45, 7) is 10.1. The van der Waals surface area contributed by atoms with E-state index in [0.717, 1.165) is 30.2 Å². The number of carbonyl (C=O) groups excluding carboxylic acids is 1. The highest BCUT2D eigenvalue weighted by Crippen LogP contribution is 2.10. The highest BCUT2D eigenvalue weighted by Gasteiger charge is 2.15. The number of ether oxygens (including phenoxy) is 1. The Labute approximate surface area is 195 Å². The van der Waals surface area contributed by atoms with E-state index in [4.69, 9.17) is 4.74 Å². The molecule has 0 aliphatic rings. The van der Waals surface area contributed by atoms with E-state index in [1.54, 1.807) is 6.20 Å². The number of alkyl carbamates (subject to hydrolysis) is 1. The first kappa shape index (κ1) is 25.7. The molecule has 0 spiro atoms. The maximum absolute atomic E-state index is 11.6. The van der Waals surface area contributed by atoms with Gasteiger partial charge in [-0.25, -0.2) is 14.5 Å². The van der Waals surface area contributed by atoms with E-state index >= 15 is 0 Å². The van der Waals surface area contributed by atoms with Crippen molar-refractivity contribution in [1.82, 2.24) is 25.7 Å². The van der Waals surface area contributed by atoms with E-state index in [2.05, 4.69) is 32.1 Å². The molecule has 0 aliphatic carbocycles. The number of rotatable bonds is 8. The summed E-state index contributed by atoms with van der Waals surface area (Å²) in [6, 6.07) is 10.0. The minimum atomic E-state index is -0.484. The van der Waals surface area contributed by atoms with Gasteiger partial charge in [0.2, 0.25) is 0 Å². The average Bonchev–Trinajstić information content (AvgIpc) is 3.19. The van der Waals surface area contributed by atoms with Gasteiger partial charge in [-0.3, -0.25) is 0 Å². The predicted octanol–water partition coefficient (Wildman–Crippen LogP) is 3.46. The smallest absolute Gasteiger partial charge is 0.407 e. The van der Waals surface area contributed by atoms with Gasteiger partial charge >= 0.3 is 6.09 Å². The average molecular weight is 528 g/mol. The lowest BCUT2D eigenvalue weighted by Gasteiger charge is -2.19. The molecule has 1 amide bonds. The van der Waals surface area contributed by atoms with Gasteiger partial charge < -0.3 is 20.7 Å². The van der Waals surface area contributed by atoms with Crippen molar-refractivity contribution in [2.24, 2.45) is 4.99 Å². The fraction of sp³-hybridized carbons (Fsp3) is 0.476. The van der Waals surface area contributed by atoms with E-state index in [-0.39, 0.29) is 24.0 Å². The summed E-state index contributed by atoms with van der Waals surface area (Å²) in [6.07, 6.45) is 4.04. The molecule has 0 bridgehead atoms. The molecular weight excluding hydrogens is 495 g/mol. The number of carbonyl (C=O) groups is 1. The molecule has 1 heterocycles. The molecule has 2 rings (SSSR count). The van der Waals surface area contributed by atoms with Crippen LogP contribution in [0.5, 0.6) is 0 Å². The van der Waals surface area contributed by atoms with Crippen LogP contribution in [0.1, 0.15) is 39.7 Å². The monoisotopic (exact) mass is 528 g/mol. The summed E-state index contributed by atoms with van der Waals surface area (Å²) >= 11 is 0. The fourth-order valence-electron chi connectivity index (χ4n) is 2.53. The van der Waals surface area contributed by atoms with E-state index in [0.29, 0.717) is 19.6 Å². The van der Waals surface area contributed by atoms with E-state index in [9.17, 15) is 4.79 Å². The van der Waals surface area contributed by atoms with Gasteiger partial charge in [-0.15, -0.1) is 24.0 Å². The second kappa shape index (κ2) is 13.1. The van der Waals surface area contributed by atoms with Crippen LogP contribution in [-0.4, -0.2) is 47.1 Å². The van der Waals surface area contributed by atoms with Crippen molar-refractivity contribution in [3.05, 3.63) is 48.3 Å². The maximum atomic E-state index is 11.6. The zero-order chi connectivity index (χ0) is 21.1. The third-order valence-corrected chi connectivity index (χ3v) is 3.76. The van der Waals surface area contributed by atoms with Crippen molar-refractivity contribution in [2.45, 2.75) is 46.3 Å². The van der Waals surface area contributed by atoms with Crippen molar-refractivity contribution in [3.63, 3.8) is 0 Å². The first-order chi connectivity index (χ1) is 13.9. The first-order valence-corrected chi connectivity index (χ1v) is 9.95. The molecule has 0 atom stereocenters. The van der Waals surface area contributed by atoms with Crippen LogP contribution in [0.2, 0.25) is 0 Å². The minimum absolute atomic E-state index is 0. The molecule has 30 heavy (non-hydrogen) atoms. The summed E-state index contributed by atoms with van der Waals surface area (Å²) in [5, 5.41) is 13.5. The van der Waals surface area contributed by atoms with Crippen molar-refractivity contribution in [2.75, 3.05) is 19.6 Å². The fourth-order valence-corrected chi connectivity index (χ4v) is 2.53. The number of nitrogens with zero attached hydrogens (tertiary/aromatic N) is 3. The normalized spacial score (nSPS) is 11.4. The molecule has 1 aromatic carbocycles. The number of amides is 1. The lowest BCUT2D eigenvalue weighted by atomic mass is 10.2. The molecule has 8 nitrogen and oxygen atoms in total. The third kappa shape index (κ3) is 9.95. The Bertz CT molecular complexity index is 787. The highest BCUT2D eigenvalue weighted by atomic mass is 127. The molecule has 0 aliphatic heterocycles. The molecule has 166 valence electrons. The van der Waals surface area contributed by atoms with E-state index in [1.807, 2.05) is 62.8 Å². The summed E-state index contributed by atoms with van der Waals surface area (Å²) in [4.78, 5) is 16.3. The lowest BCUT2D eigenvalue weighted by molar-refractivity contribution is 0.0527. The molecule has 0 radical (unpaired) electrons. The van der Waals surface area contributed by atoms with Crippen LogP contribution in [0.3, 0.4) is 0 Å². The SMILES string of the molecule is CCNC(=NCc1cccc(-n2cccn2)c1)NCCCNC(=O)OC(C)(C)C.I. The zero-order valence-corrected chi connectivity index (χ0v) is 20.5. The lowest BCUT2D eigenvalue weighted by Crippen LogP contribution is -2.39. The van der Waals surface area contributed by atoms with Crippen molar-refractivity contribution in [1.29, 1.82) is 0 Å². The number of hydrogen-bond acceptors (Lipinski definition) is 4. The zero-order valence-electron chi connectivity index (χ0n) is 18.1. The third-order valence-electron chi connectivity index (χ3n) is 3.76. The van der Waals surface area contributed by atoms with Crippen molar-refractivity contribution >= 4 is 36.0 Å². The quantitative estimate of drug-likeness (QED) is 0.211. The second-order valence-electron chi connectivity index (χ2n) is 7.52. The second-order valence-corrected chi connectivity index (χ2v) is 7.52. The molecule has 0 saturated carbocycles. The van der Waals surface area contributed by atoms with Gasteiger partial charge in [0.05, 0.1) is 12.2 Å². The van der Waals surface area contributed by atoms with Gasteiger partial charge in [-0.1, -0.05) is 12.1 Å². The maximum Gasteiger partial charge on any atom is 0.407 e. The molecular formula is C21H33IN6O2. The Morgan fingerprint density at radius 2 is 1.93 bits per heavy atom. The first-order valence-electron chi connectivity index (χ1n) is 9.95. The number of aliphatic imine (C=N–C) groups is 1. The van der Waals surface area contributed by atoms with Gasteiger partial charge in [-0.05, 0) is 57.9 Å². The van der Waals surface area contributed by atoms with E-state index < -0.39 is 11.7 Å². The molecule has 0 saturated heterocycles. The van der Waals surface area contributed by atoms with Crippen molar-refractivity contribution in [3.8, 4) is 5.69 Å². The van der Waals surface area contributed by atoms with Gasteiger partial charge in [0.1, 0.15) is 5.60 Å². The Morgan fingerprint density at radius 1 is 1.17 bits per heavy atom. The number of halogens is 1. The number of nitrogens with one attached hydrogen (secondary N) is 3.